The molecule has 5 nitrogen and oxygen atoms in total. The van der Waals surface area contributed by atoms with Gasteiger partial charge in [-0.1, -0.05) is 6.08 Å². The Bertz CT molecular complexity index is 491. The molecule has 0 aliphatic carbocycles. The summed E-state index contributed by atoms with van der Waals surface area (Å²) in [5.41, 5.74) is 0.261. The van der Waals surface area contributed by atoms with Gasteiger partial charge in [0.15, 0.2) is 6.29 Å². The maximum absolute atomic E-state index is 11.5. The molecule has 18 heavy (non-hydrogen) atoms. The Balaban J connectivity index is 3.56. The number of benzene rings is 1. The first-order valence-corrected chi connectivity index (χ1v) is 5.17. The zero-order valence-electron chi connectivity index (χ0n) is 10.2. The summed E-state index contributed by atoms with van der Waals surface area (Å²) in [6.07, 6.45) is 2.29. The van der Waals surface area contributed by atoms with Gasteiger partial charge in [-0.3, -0.25) is 4.79 Å². The standard InChI is InChI=1S/C13H14O5/c1-4-5-8-11(17-2)6-9(13(16)18-3)10(7-14)12(8)15/h4,6-7,15H,1,5H2,2-3H3. The number of allylic oxidation sites excluding steroid dienone is 1. The van der Waals surface area contributed by atoms with Gasteiger partial charge in [-0.15, -0.1) is 6.58 Å². The van der Waals surface area contributed by atoms with Crippen LogP contribution in [-0.4, -0.2) is 31.6 Å². The monoisotopic (exact) mass is 250 g/mol. The fourth-order valence-corrected chi connectivity index (χ4v) is 1.62. The number of aromatic hydroxyl groups is 1. The Labute approximate surface area is 105 Å². The first kappa shape index (κ1) is 13.8. The van der Waals surface area contributed by atoms with Crippen LogP contribution in [0.5, 0.6) is 11.5 Å². The molecule has 0 aliphatic heterocycles. The van der Waals surface area contributed by atoms with Gasteiger partial charge in [-0.05, 0) is 12.5 Å². The van der Waals surface area contributed by atoms with Crippen molar-refractivity contribution < 1.29 is 24.2 Å². The lowest BCUT2D eigenvalue weighted by Gasteiger charge is -2.13. The van der Waals surface area contributed by atoms with E-state index in [0.29, 0.717) is 24.0 Å². The molecule has 1 rings (SSSR count). The molecule has 0 amide bonds. The van der Waals surface area contributed by atoms with Crippen molar-refractivity contribution >= 4 is 12.3 Å². The van der Waals surface area contributed by atoms with Crippen LogP contribution >= 0.6 is 0 Å². The van der Waals surface area contributed by atoms with Gasteiger partial charge in [0, 0.05) is 5.56 Å². The van der Waals surface area contributed by atoms with Gasteiger partial charge in [-0.2, -0.15) is 0 Å². The second-order valence-corrected chi connectivity index (χ2v) is 3.47. The van der Waals surface area contributed by atoms with Crippen LogP contribution in [0.2, 0.25) is 0 Å². The van der Waals surface area contributed by atoms with Crippen LogP contribution in [-0.2, 0) is 11.2 Å². The third-order valence-corrected chi connectivity index (χ3v) is 2.50. The Kier molecular flexibility index (Phi) is 4.48. The molecule has 0 aliphatic rings. The summed E-state index contributed by atoms with van der Waals surface area (Å²) >= 11 is 0. The molecule has 0 spiro atoms. The highest BCUT2D eigenvalue weighted by Gasteiger charge is 2.21. The van der Waals surface area contributed by atoms with Gasteiger partial charge < -0.3 is 14.6 Å². The average molecular weight is 250 g/mol. The van der Waals surface area contributed by atoms with Crippen LogP contribution in [0.3, 0.4) is 0 Å². The summed E-state index contributed by atoms with van der Waals surface area (Å²) in [4.78, 5) is 22.5. The SMILES string of the molecule is C=CCc1c(OC)cc(C(=O)OC)c(C=O)c1O. The Hall–Kier alpha value is -2.30. The number of esters is 1. The lowest BCUT2D eigenvalue weighted by Crippen LogP contribution is -2.08. The molecule has 0 radical (unpaired) electrons. The maximum Gasteiger partial charge on any atom is 0.338 e. The number of phenols is 1. The van der Waals surface area contributed by atoms with Crippen molar-refractivity contribution in [3.05, 3.63) is 35.4 Å². The van der Waals surface area contributed by atoms with Crippen molar-refractivity contribution in [2.45, 2.75) is 6.42 Å². The van der Waals surface area contributed by atoms with Gasteiger partial charge in [-0.25, -0.2) is 4.79 Å². The second-order valence-electron chi connectivity index (χ2n) is 3.47. The van der Waals surface area contributed by atoms with Crippen LogP contribution < -0.4 is 4.74 Å². The van der Waals surface area contributed by atoms with Crippen LogP contribution in [0, 0.1) is 0 Å². The van der Waals surface area contributed by atoms with Gasteiger partial charge in [0.2, 0.25) is 0 Å². The molecule has 96 valence electrons. The summed E-state index contributed by atoms with van der Waals surface area (Å²) in [7, 11) is 2.60. The van der Waals surface area contributed by atoms with E-state index < -0.39 is 5.97 Å². The number of aldehydes is 1. The minimum Gasteiger partial charge on any atom is -0.507 e. The molecule has 0 heterocycles. The predicted molar refractivity (Wildman–Crippen MR) is 65.3 cm³/mol. The predicted octanol–water partition coefficient (Wildman–Crippen LogP) is 1.73. The summed E-state index contributed by atoms with van der Waals surface area (Å²) in [5, 5.41) is 9.99. The van der Waals surface area contributed by atoms with E-state index >= 15 is 0 Å². The number of carbonyl (C=O) groups is 2. The topological polar surface area (TPSA) is 72.8 Å². The fraction of sp³-hybridized carbons (Fsp3) is 0.231. The summed E-state index contributed by atoms with van der Waals surface area (Å²) in [6, 6.07) is 1.37. The number of ether oxygens (including phenoxy) is 2. The normalized spacial score (nSPS) is 9.67. The highest BCUT2D eigenvalue weighted by Crippen LogP contribution is 2.34. The Morgan fingerprint density at radius 3 is 2.61 bits per heavy atom. The number of phenolic OH excluding ortho intramolecular Hbond substituents is 1. The molecule has 1 N–H and O–H groups in total. The average Bonchev–Trinajstić information content (AvgIpc) is 2.39. The zero-order chi connectivity index (χ0) is 13.7. The van der Waals surface area contributed by atoms with Crippen LogP contribution in [0.15, 0.2) is 18.7 Å². The number of carbonyl (C=O) groups excluding carboxylic acids is 2. The molecule has 0 bridgehead atoms. The molecule has 0 fully saturated rings. The molecule has 1 aromatic carbocycles. The molecule has 0 aromatic heterocycles. The van der Waals surface area contributed by atoms with Crippen molar-refractivity contribution in [2.24, 2.45) is 0 Å². The van der Waals surface area contributed by atoms with Gasteiger partial charge in [0.05, 0.1) is 25.3 Å². The molecular formula is C13H14O5. The lowest BCUT2D eigenvalue weighted by atomic mass is 9.99. The van der Waals surface area contributed by atoms with E-state index in [1.165, 1.54) is 20.3 Å². The smallest absolute Gasteiger partial charge is 0.338 e. The maximum atomic E-state index is 11.5. The summed E-state index contributed by atoms with van der Waals surface area (Å²) in [5.74, 6) is -0.695. The molecule has 0 saturated carbocycles. The minimum atomic E-state index is -0.712. The number of hydrogen-bond donors (Lipinski definition) is 1. The van der Waals surface area contributed by atoms with Crippen molar-refractivity contribution in [2.75, 3.05) is 14.2 Å². The molecular weight excluding hydrogens is 236 g/mol. The summed E-state index contributed by atoms with van der Waals surface area (Å²) < 4.78 is 9.63. The largest absolute Gasteiger partial charge is 0.507 e. The van der Waals surface area contributed by atoms with E-state index in [4.69, 9.17) is 4.74 Å². The Morgan fingerprint density at radius 2 is 2.17 bits per heavy atom. The first-order valence-electron chi connectivity index (χ1n) is 5.17. The van der Waals surface area contributed by atoms with Gasteiger partial charge in [0.1, 0.15) is 11.5 Å². The highest BCUT2D eigenvalue weighted by molar-refractivity contribution is 6.01. The van der Waals surface area contributed by atoms with Gasteiger partial charge >= 0.3 is 5.97 Å². The van der Waals surface area contributed by atoms with Crippen molar-refractivity contribution in [1.29, 1.82) is 0 Å². The van der Waals surface area contributed by atoms with E-state index in [0.717, 1.165) is 0 Å². The molecule has 1 aromatic rings. The van der Waals surface area contributed by atoms with Crippen molar-refractivity contribution in [3.8, 4) is 11.5 Å². The van der Waals surface area contributed by atoms with Crippen LogP contribution in [0.25, 0.3) is 0 Å². The van der Waals surface area contributed by atoms with E-state index in [-0.39, 0.29) is 16.9 Å². The van der Waals surface area contributed by atoms with E-state index in [9.17, 15) is 14.7 Å². The summed E-state index contributed by atoms with van der Waals surface area (Å²) in [6.45, 7) is 3.56. The highest BCUT2D eigenvalue weighted by atomic mass is 16.5. The van der Waals surface area contributed by atoms with Crippen LogP contribution in [0.1, 0.15) is 26.3 Å². The van der Waals surface area contributed by atoms with Crippen molar-refractivity contribution in [3.63, 3.8) is 0 Å². The Morgan fingerprint density at radius 1 is 1.50 bits per heavy atom. The molecule has 0 unspecified atom stereocenters. The van der Waals surface area contributed by atoms with E-state index in [1.54, 1.807) is 6.08 Å². The first-order chi connectivity index (χ1) is 8.60. The molecule has 0 atom stereocenters. The van der Waals surface area contributed by atoms with E-state index in [2.05, 4.69) is 11.3 Å². The minimum absolute atomic E-state index is 0.0327. The van der Waals surface area contributed by atoms with Crippen molar-refractivity contribution in [1.82, 2.24) is 0 Å². The number of rotatable bonds is 5. The third kappa shape index (κ3) is 2.34. The number of methoxy groups -OCH3 is 2. The fourth-order valence-electron chi connectivity index (χ4n) is 1.62. The quantitative estimate of drug-likeness (QED) is 0.489. The zero-order valence-corrected chi connectivity index (χ0v) is 10.2. The third-order valence-electron chi connectivity index (χ3n) is 2.50. The molecule has 0 saturated heterocycles. The van der Waals surface area contributed by atoms with E-state index in [1.807, 2.05) is 0 Å². The lowest BCUT2D eigenvalue weighted by molar-refractivity contribution is 0.0597. The second kappa shape index (κ2) is 5.86. The van der Waals surface area contributed by atoms with Gasteiger partial charge in [0.25, 0.3) is 0 Å². The molecule has 5 heteroatoms. The number of hydrogen-bond acceptors (Lipinski definition) is 5. The van der Waals surface area contributed by atoms with Crippen LogP contribution in [0.4, 0.5) is 0 Å².